The SMILES string of the molecule is CSCCC(NC(=O)c1cccc([N+](=O)[O-])c1)C(=O)NCc1ccco1. The second-order valence-electron chi connectivity index (χ2n) is 5.41. The maximum atomic E-state index is 12.4. The van der Waals surface area contributed by atoms with E-state index in [1.54, 1.807) is 23.9 Å². The molecule has 0 bridgehead atoms. The second-order valence-corrected chi connectivity index (χ2v) is 6.40. The monoisotopic (exact) mass is 377 g/mol. The molecular weight excluding hydrogens is 358 g/mol. The van der Waals surface area contributed by atoms with E-state index < -0.39 is 16.9 Å². The van der Waals surface area contributed by atoms with Crippen LogP contribution in [-0.2, 0) is 11.3 Å². The van der Waals surface area contributed by atoms with E-state index in [9.17, 15) is 19.7 Å². The lowest BCUT2D eigenvalue weighted by Crippen LogP contribution is -2.46. The number of carbonyl (C=O) groups is 2. The van der Waals surface area contributed by atoms with Gasteiger partial charge in [0.2, 0.25) is 5.91 Å². The van der Waals surface area contributed by atoms with Crippen LogP contribution in [-0.4, -0.2) is 34.8 Å². The number of rotatable bonds is 9. The number of benzene rings is 1. The van der Waals surface area contributed by atoms with Crippen LogP contribution in [0, 0.1) is 10.1 Å². The Morgan fingerprint density at radius 3 is 2.77 bits per heavy atom. The topological polar surface area (TPSA) is 114 Å². The molecule has 2 aromatic rings. The summed E-state index contributed by atoms with van der Waals surface area (Å²) in [5, 5.41) is 16.2. The molecule has 0 aliphatic carbocycles. The van der Waals surface area contributed by atoms with Crippen LogP contribution in [0.15, 0.2) is 47.1 Å². The predicted molar refractivity (Wildman–Crippen MR) is 97.9 cm³/mol. The van der Waals surface area contributed by atoms with E-state index in [4.69, 9.17) is 4.42 Å². The average Bonchev–Trinajstić information content (AvgIpc) is 3.16. The van der Waals surface area contributed by atoms with Crippen molar-refractivity contribution in [2.45, 2.75) is 19.0 Å². The second kappa shape index (κ2) is 9.62. The van der Waals surface area contributed by atoms with Crippen molar-refractivity contribution in [1.29, 1.82) is 0 Å². The Morgan fingerprint density at radius 2 is 2.12 bits per heavy atom. The lowest BCUT2D eigenvalue weighted by Gasteiger charge is -2.18. The number of hydrogen-bond acceptors (Lipinski definition) is 6. The molecule has 2 rings (SSSR count). The Bertz CT molecular complexity index is 764. The van der Waals surface area contributed by atoms with Crippen LogP contribution < -0.4 is 10.6 Å². The first kappa shape index (κ1) is 19.5. The highest BCUT2D eigenvalue weighted by molar-refractivity contribution is 7.98. The number of thioether (sulfide) groups is 1. The standard InChI is InChI=1S/C17H19N3O5S/c1-26-9-7-15(17(22)18-11-14-6-3-8-25-14)19-16(21)12-4-2-5-13(10-12)20(23)24/h2-6,8,10,15H,7,9,11H2,1H3,(H,18,22)(H,19,21). The fraction of sp³-hybridized carbons (Fsp3) is 0.294. The van der Waals surface area contributed by atoms with Crippen LogP contribution in [0.1, 0.15) is 22.5 Å². The van der Waals surface area contributed by atoms with Crippen molar-refractivity contribution in [3.8, 4) is 0 Å². The predicted octanol–water partition coefficient (Wildman–Crippen LogP) is 2.36. The largest absolute Gasteiger partial charge is 0.467 e. The highest BCUT2D eigenvalue weighted by Crippen LogP contribution is 2.13. The Balaban J connectivity index is 2.03. The van der Waals surface area contributed by atoms with Gasteiger partial charge in [-0.3, -0.25) is 19.7 Å². The zero-order valence-corrected chi connectivity index (χ0v) is 15.0. The molecule has 0 saturated heterocycles. The van der Waals surface area contributed by atoms with Crippen molar-refractivity contribution < 1.29 is 18.9 Å². The summed E-state index contributed by atoms with van der Waals surface area (Å²) in [5.41, 5.74) is -0.0484. The van der Waals surface area contributed by atoms with Gasteiger partial charge in [-0.25, -0.2) is 0 Å². The molecule has 1 unspecified atom stereocenters. The molecule has 138 valence electrons. The van der Waals surface area contributed by atoms with Gasteiger partial charge < -0.3 is 15.1 Å². The molecule has 1 heterocycles. The van der Waals surface area contributed by atoms with Crippen molar-refractivity contribution >= 4 is 29.3 Å². The summed E-state index contributed by atoms with van der Waals surface area (Å²) in [6.07, 6.45) is 3.85. The number of nitro groups is 1. The van der Waals surface area contributed by atoms with Gasteiger partial charge in [0.25, 0.3) is 11.6 Å². The van der Waals surface area contributed by atoms with Gasteiger partial charge in [-0.1, -0.05) is 6.07 Å². The van der Waals surface area contributed by atoms with E-state index >= 15 is 0 Å². The molecule has 2 N–H and O–H groups in total. The van der Waals surface area contributed by atoms with Crippen LogP contribution in [0.3, 0.4) is 0 Å². The Morgan fingerprint density at radius 1 is 1.31 bits per heavy atom. The van der Waals surface area contributed by atoms with Gasteiger partial charge in [0.15, 0.2) is 0 Å². The summed E-state index contributed by atoms with van der Waals surface area (Å²) in [6, 6.07) is 8.09. The zero-order chi connectivity index (χ0) is 18.9. The molecule has 0 radical (unpaired) electrons. The lowest BCUT2D eigenvalue weighted by atomic mass is 10.1. The molecule has 1 aromatic heterocycles. The quantitative estimate of drug-likeness (QED) is 0.512. The third-order valence-electron chi connectivity index (χ3n) is 3.57. The van der Waals surface area contributed by atoms with Crippen molar-refractivity contribution in [3.05, 3.63) is 64.1 Å². The minimum absolute atomic E-state index is 0.132. The molecule has 0 fully saturated rings. The molecule has 26 heavy (non-hydrogen) atoms. The minimum Gasteiger partial charge on any atom is -0.467 e. The van der Waals surface area contributed by atoms with Gasteiger partial charge in [-0.05, 0) is 36.6 Å². The number of carbonyl (C=O) groups excluding carboxylic acids is 2. The van der Waals surface area contributed by atoms with Gasteiger partial charge in [-0.2, -0.15) is 11.8 Å². The van der Waals surface area contributed by atoms with E-state index in [-0.39, 0.29) is 23.7 Å². The molecule has 8 nitrogen and oxygen atoms in total. The van der Waals surface area contributed by atoms with Gasteiger partial charge in [-0.15, -0.1) is 0 Å². The number of hydrogen-bond donors (Lipinski definition) is 2. The van der Waals surface area contributed by atoms with E-state index in [1.165, 1.54) is 30.5 Å². The van der Waals surface area contributed by atoms with Crippen LogP contribution in [0.5, 0.6) is 0 Å². The maximum Gasteiger partial charge on any atom is 0.270 e. The summed E-state index contributed by atoms with van der Waals surface area (Å²) in [5.74, 6) is 0.405. The number of nitrogens with one attached hydrogen (secondary N) is 2. The van der Waals surface area contributed by atoms with Crippen molar-refractivity contribution in [3.63, 3.8) is 0 Å². The van der Waals surface area contributed by atoms with Gasteiger partial charge in [0.1, 0.15) is 11.8 Å². The van der Waals surface area contributed by atoms with Crippen molar-refractivity contribution in [1.82, 2.24) is 10.6 Å². The highest BCUT2D eigenvalue weighted by atomic mass is 32.2. The zero-order valence-electron chi connectivity index (χ0n) is 14.1. The van der Waals surface area contributed by atoms with Gasteiger partial charge in [0, 0.05) is 17.7 Å². The maximum absolute atomic E-state index is 12.4. The summed E-state index contributed by atoms with van der Waals surface area (Å²) in [4.78, 5) is 35.1. The number of amides is 2. The molecular formula is C17H19N3O5S. The summed E-state index contributed by atoms with van der Waals surface area (Å²) in [6.45, 7) is 0.217. The lowest BCUT2D eigenvalue weighted by molar-refractivity contribution is -0.384. The Kier molecular flexibility index (Phi) is 7.22. The molecule has 0 aliphatic rings. The first-order chi connectivity index (χ1) is 12.5. The van der Waals surface area contributed by atoms with Crippen LogP contribution in [0.4, 0.5) is 5.69 Å². The molecule has 2 amide bonds. The average molecular weight is 377 g/mol. The third-order valence-corrected chi connectivity index (χ3v) is 4.21. The van der Waals surface area contributed by atoms with Crippen LogP contribution >= 0.6 is 11.8 Å². The fourth-order valence-electron chi connectivity index (χ4n) is 2.22. The molecule has 1 aromatic carbocycles. The summed E-state index contributed by atoms with van der Waals surface area (Å²) < 4.78 is 5.16. The fourth-order valence-corrected chi connectivity index (χ4v) is 2.69. The summed E-state index contributed by atoms with van der Waals surface area (Å²) >= 11 is 1.55. The Labute approximate surface area is 154 Å². The van der Waals surface area contributed by atoms with Gasteiger partial charge >= 0.3 is 0 Å². The number of furan rings is 1. The van der Waals surface area contributed by atoms with E-state index in [1.807, 2.05) is 6.26 Å². The molecule has 0 spiro atoms. The molecule has 0 saturated carbocycles. The third kappa shape index (κ3) is 5.62. The van der Waals surface area contributed by atoms with E-state index in [0.717, 1.165) is 0 Å². The Hall–Kier alpha value is -2.81. The minimum atomic E-state index is -0.746. The van der Waals surface area contributed by atoms with Crippen molar-refractivity contribution in [2.75, 3.05) is 12.0 Å². The molecule has 9 heteroatoms. The number of nitrogens with zero attached hydrogens (tertiary/aromatic N) is 1. The smallest absolute Gasteiger partial charge is 0.270 e. The number of non-ortho nitro benzene ring substituents is 1. The van der Waals surface area contributed by atoms with Crippen molar-refractivity contribution in [2.24, 2.45) is 0 Å². The van der Waals surface area contributed by atoms with E-state index in [0.29, 0.717) is 17.9 Å². The normalized spacial score (nSPS) is 11.6. The van der Waals surface area contributed by atoms with Crippen LogP contribution in [0.25, 0.3) is 0 Å². The number of nitro benzene ring substituents is 1. The molecule has 0 aliphatic heterocycles. The first-order valence-electron chi connectivity index (χ1n) is 7.85. The molecule has 1 atom stereocenters. The summed E-state index contributed by atoms with van der Waals surface area (Å²) in [7, 11) is 0. The van der Waals surface area contributed by atoms with E-state index in [2.05, 4.69) is 10.6 Å². The first-order valence-corrected chi connectivity index (χ1v) is 9.25. The van der Waals surface area contributed by atoms with Gasteiger partial charge in [0.05, 0.1) is 17.7 Å². The van der Waals surface area contributed by atoms with Crippen LogP contribution in [0.2, 0.25) is 0 Å². The highest BCUT2D eigenvalue weighted by Gasteiger charge is 2.22.